The molecule has 2 amide bonds. The number of carbonyl (C=O) groups excluding carboxylic acids is 3. The van der Waals surface area contributed by atoms with Crippen molar-refractivity contribution >= 4 is 28.7 Å². The van der Waals surface area contributed by atoms with Gasteiger partial charge in [-0.3, -0.25) is 19.2 Å². The van der Waals surface area contributed by atoms with Gasteiger partial charge in [-0.05, 0) is 55.5 Å². The first-order valence-corrected chi connectivity index (χ1v) is 15.8. The molecule has 47 heavy (non-hydrogen) atoms. The number of carbonyl (C=O) groups is 3. The third-order valence-corrected chi connectivity index (χ3v) is 7.86. The number of nitrogens with one attached hydrogen (secondary N) is 3. The Kier molecular flexibility index (Phi) is 10.5. The topological polar surface area (TPSA) is 110 Å². The first kappa shape index (κ1) is 33.2. The monoisotopic (exact) mass is 631 g/mol. The Labute approximate surface area is 275 Å². The number of hydrogen-bond donors (Lipinski definition) is 3. The van der Waals surface area contributed by atoms with E-state index in [1.807, 2.05) is 121 Å². The van der Waals surface area contributed by atoms with Crippen LogP contribution < -0.4 is 10.8 Å². The first-order valence-electron chi connectivity index (χ1n) is 15.8. The zero-order chi connectivity index (χ0) is 33.3. The summed E-state index contributed by atoms with van der Waals surface area (Å²) < 4.78 is 5.51. The average molecular weight is 632 g/mol. The molecule has 0 spiro atoms. The van der Waals surface area contributed by atoms with Crippen molar-refractivity contribution in [2.75, 3.05) is 6.54 Å². The van der Waals surface area contributed by atoms with Gasteiger partial charge in [0.15, 0.2) is 5.60 Å². The van der Waals surface area contributed by atoms with Crippen LogP contribution in [0.2, 0.25) is 0 Å². The molecule has 0 aliphatic carbocycles. The second-order valence-corrected chi connectivity index (χ2v) is 12.5. The number of amides is 2. The highest BCUT2D eigenvalue weighted by Gasteiger charge is 2.39. The lowest BCUT2D eigenvalue weighted by atomic mass is 9.80. The van der Waals surface area contributed by atoms with E-state index in [9.17, 15) is 14.4 Å². The van der Waals surface area contributed by atoms with E-state index in [0.717, 1.165) is 33.2 Å². The number of benzene rings is 4. The third-order valence-electron chi connectivity index (χ3n) is 7.86. The summed E-state index contributed by atoms with van der Waals surface area (Å²) in [5.74, 6) is -2.49. The molecule has 0 aliphatic heterocycles. The van der Waals surface area contributed by atoms with Crippen LogP contribution >= 0.6 is 0 Å². The van der Waals surface area contributed by atoms with Crippen LogP contribution in [0.3, 0.4) is 0 Å². The quantitative estimate of drug-likeness (QED) is 0.0771. The number of esters is 1. The summed E-state index contributed by atoms with van der Waals surface area (Å²) >= 11 is 0. The molecule has 4 aromatic carbocycles. The van der Waals surface area contributed by atoms with Gasteiger partial charge in [-0.15, -0.1) is 0 Å². The predicted octanol–water partition coefficient (Wildman–Crippen LogP) is 6.60. The second kappa shape index (κ2) is 14.9. The lowest BCUT2D eigenvalue weighted by Crippen LogP contribution is -2.42. The molecule has 0 bridgehead atoms. The van der Waals surface area contributed by atoms with Gasteiger partial charge in [0.05, 0.1) is 12.3 Å². The van der Waals surface area contributed by atoms with E-state index in [2.05, 4.69) is 15.8 Å². The highest BCUT2D eigenvalue weighted by Crippen LogP contribution is 2.39. The molecule has 0 aliphatic rings. The molecule has 5 rings (SSSR count). The Morgan fingerprint density at radius 1 is 0.723 bits per heavy atom. The average Bonchev–Trinajstić information content (AvgIpc) is 3.48. The van der Waals surface area contributed by atoms with Crippen molar-refractivity contribution < 1.29 is 24.0 Å². The number of aromatic nitrogens is 1. The van der Waals surface area contributed by atoms with Crippen LogP contribution in [0.4, 0.5) is 0 Å². The first-order chi connectivity index (χ1) is 22.7. The van der Waals surface area contributed by atoms with Gasteiger partial charge in [0.2, 0.25) is 11.8 Å². The fraction of sp³-hybridized carbons (Fsp3) is 0.256. The molecule has 8 heteroatoms. The molecule has 242 valence electrons. The van der Waals surface area contributed by atoms with E-state index in [-0.39, 0.29) is 12.8 Å². The largest absolute Gasteiger partial charge is 0.460 e. The standard InChI is InChI=1S/C39H41N3O5/c1-38(2,3)46-36(44)26-29(37(45)40-24-23-28-27-41-34-22-14-13-21-33(28)34)25-35(43)42-47-39(30-15-7-4-8-16-30,31-17-9-5-10-18-31)32-19-11-6-12-20-32/h4-22,27,29,41H,23-26H2,1-3H3,(H,40,45)(H,42,43). The van der Waals surface area contributed by atoms with Gasteiger partial charge in [-0.25, -0.2) is 5.48 Å². The predicted molar refractivity (Wildman–Crippen MR) is 182 cm³/mol. The maximum absolute atomic E-state index is 13.6. The van der Waals surface area contributed by atoms with Crippen molar-refractivity contribution in [3.8, 4) is 0 Å². The van der Waals surface area contributed by atoms with Crippen LogP contribution in [-0.4, -0.2) is 34.9 Å². The van der Waals surface area contributed by atoms with Crippen molar-refractivity contribution in [2.45, 2.75) is 51.2 Å². The van der Waals surface area contributed by atoms with Crippen molar-refractivity contribution in [1.82, 2.24) is 15.8 Å². The molecule has 1 heterocycles. The van der Waals surface area contributed by atoms with Crippen molar-refractivity contribution in [3.05, 3.63) is 144 Å². The minimum Gasteiger partial charge on any atom is -0.460 e. The number of fused-ring (bicyclic) bond motifs is 1. The Bertz CT molecular complexity index is 1680. The number of hydroxylamine groups is 1. The lowest BCUT2D eigenvalue weighted by Gasteiger charge is -2.35. The number of aromatic amines is 1. The maximum Gasteiger partial charge on any atom is 0.307 e. The number of H-pyrrole nitrogens is 1. The summed E-state index contributed by atoms with van der Waals surface area (Å²) in [7, 11) is 0. The minimum absolute atomic E-state index is 0.259. The van der Waals surface area contributed by atoms with E-state index < -0.39 is 34.9 Å². The van der Waals surface area contributed by atoms with Crippen LogP contribution in [0, 0.1) is 5.92 Å². The maximum atomic E-state index is 13.6. The SMILES string of the molecule is CC(C)(C)OC(=O)CC(CC(=O)NOC(c1ccccc1)(c1ccccc1)c1ccccc1)C(=O)NCCc1c[nH]c2ccccc12. The molecule has 8 nitrogen and oxygen atoms in total. The van der Waals surface area contributed by atoms with Gasteiger partial charge in [-0.2, -0.15) is 0 Å². The Balaban J connectivity index is 1.35. The van der Waals surface area contributed by atoms with Crippen LogP contribution in [0.1, 0.15) is 55.9 Å². The second-order valence-electron chi connectivity index (χ2n) is 12.5. The summed E-state index contributed by atoms with van der Waals surface area (Å²) in [4.78, 5) is 49.6. The van der Waals surface area contributed by atoms with E-state index in [1.165, 1.54) is 0 Å². The highest BCUT2D eigenvalue weighted by atomic mass is 16.7. The van der Waals surface area contributed by atoms with E-state index >= 15 is 0 Å². The molecule has 0 fully saturated rings. The minimum atomic E-state index is -1.19. The molecule has 5 aromatic rings. The summed E-state index contributed by atoms with van der Waals surface area (Å²) in [5, 5.41) is 4.01. The molecule has 3 N–H and O–H groups in total. The van der Waals surface area contributed by atoms with Gasteiger partial charge in [0.25, 0.3) is 0 Å². The number of ether oxygens (including phenoxy) is 1. The molecular weight excluding hydrogens is 590 g/mol. The zero-order valence-electron chi connectivity index (χ0n) is 27.0. The van der Waals surface area contributed by atoms with Crippen LogP contribution in [0.15, 0.2) is 121 Å². The van der Waals surface area contributed by atoms with Crippen LogP contribution in [0.25, 0.3) is 10.9 Å². The smallest absolute Gasteiger partial charge is 0.307 e. The molecule has 1 unspecified atom stereocenters. The van der Waals surface area contributed by atoms with Crippen molar-refractivity contribution in [2.24, 2.45) is 5.92 Å². The fourth-order valence-electron chi connectivity index (χ4n) is 5.74. The number of rotatable bonds is 13. The molecule has 1 aromatic heterocycles. The van der Waals surface area contributed by atoms with Gasteiger partial charge in [0.1, 0.15) is 5.60 Å². The number of para-hydroxylation sites is 1. The Morgan fingerprint density at radius 3 is 1.81 bits per heavy atom. The Morgan fingerprint density at radius 2 is 1.26 bits per heavy atom. The van der Waals surface area contributed by atoms with Crippen molar-refractivity contribution in [1.29, 1.82) is 0 Å². The summed E-state index contributed by atoms with van der Waals surface area (Å²) in [6, 6.07) is 36.9. The normalized spacial score (nSPS) is 12.3. The van der Waals surface area contributed by atoms with Gasteiger partial charge in [-0.1, -0.05) is 109 Å². The molecule has 0 saturated carbocycles. The zero-order valence-corrected chi connectivity index (χ0v) is 27.0. The third kappa shape index (κ3) is 8.34. The van der Waals surface area contributed by atoms with Gasteiger partial charge in [0, 0.05) is 30.1 Å². The molecular formula is C39H41N3O5. The fourth-order valence-corrected chi connectivity index (χ4v) is 5.74. The molecule has 0 radical (unpaired) electrons. The van der Waals surface area contributed by atoms with Crippen LogP contribution in [0.5, 0.6) is 0 Å². The Hall–Kier alpha value is -5.21. The van der Waals surface area contributed by atoms with E-state index in [1.54, 1.807) is 20.8 Å². The van der Waals surface area contributed by atoms with Gasteiger partial charge < -0.3 is 15.0 Å². The van der Waals surface area contributed by atoms with Crippen molar-refractivity contribution in [3.63, 3.8) is 0 Å². The number of hydrogen-bond acceptors (Lipinski definition) is 5. The highest BCUT2D eigenvalue weighted by molar-refractivity contribution is 5.89. The van der Waals surface area contributed by atoms with E-state index in [4.69, 9.17) is 9.57 Å². The summed E-state index contributed by atoms with van der Waals surface area (Å²) in [6.45, 7) is 5.62. The lowest BCUT2D eigenvalue weighted by molar-refractivity contribution is -0.158. The molecule has 1 atom stereocenters. The van der Waals surface area contributed by atoms with Crippen LogP contribution in [-0.2, 0) is 36.0 Å². The molecule has 0 saturated heterocycles. The summed E-state index contributed by atoms with van der Waals surface area (Å²) in [5.41, 5.74) is 5.22. The van der Waals surface area contributed by atoms with Gasteiger partial charge >= 0.3 is 5.97 Å². The summed E-state index contributed by atoms with van der Waals surface area (Å²) in [6.07, 6.45) is 1.97. The van der Waals surface area contributed by atoms with E-state index in [0.29, 0.717) is 13.0 Å².